The molecular weight excluding hydrogens is 443 g/mol. The van der Waals surface area contributed by atoms with Crippen molar-refractivity contribution in [3.63, 3.8) is 0 Å². The molecule has 154 valence electrons. The summed E-state index contributed by atoms with van der Waals surface area (Å²) in [5, 5.41) is 8.86. The van der Waals surface area contributed by atoms with Crippen LogP contribution in [0.2, 0.25) is 10.0 Å². The molecule has 0 unspecified atom stereocenters. The van der Waals surface area contributed by atoms with Crippen LogP contribution in [0, 0.1) is 20.8 Å². The van der Waals surface area contributed by atoms with Crippen LogP contribution in [0.5, 0.6) is 5.75 Å². The molecule has 4 rings (SSSR count). The van der Waals surface area contributed by atoms with Crippen LogP contribution in [-0.2, 0) is 4.79 Å². The molecule has 0 radical (unpaired) electrons. The molecule has 2 heterocycles. The van der Waals surface area contributed by atoms with Crippen molar-refractivity contribution in [2.45, 2.75) is 20.8 Å². The Morgan fingerprint density at radius 2 is 1.97 bits per heavy atom. The summed E-state index contributed by atoms with van der Waals surface area (Å²) in [6, 6.07) is 10.8. The van der Waals surface area contributed by atoms with Crippen molar-refractivity contribution < 1.29 is 9.53 Å². The number of fused-ring (bicyclic) bond motifs is 1. The maximum absolute atomic E-state index is 12.5. The van der Waals surface area contributed by atoms with E-state index in [1.807, 2.05) is 13.8 Å². The predicted octanol–water partition coefficient (Wildman–Crippen LogP) is 5.73. The van der Waals surface area contributed by atoms with Crippen LogP contribution < -0.4 is 10.1 Å². The lowest BCUT2D eigenvalue weighted by molar-refractivity contribution is -0.118. The van der Waals surface area contributed by atoms with Crippen LogP contribution in [0.25, 0.3) is 15.3 Å². The van der Waals surface area contributed by atoms with Gasteiger partial charge in [-0.25, -0.2) is 4.98 Å². The topological polar surface area (TPSA) is 69.0 Å². The number of carbonyl (C=O) groups is 1. The third-order valence-corrected chi connectivity index (χ3v) is 5.86. The number of thiazole rings is 1. The number of halogens is 2. The first-order valence-corrected chi connectivity index (χ1v) is 10.7. The van der Waals surface area contributed by atoms with Gasteiger partial charge in [0, 0.05) is 11.1 Å². The average Bonchev–Trinajstić information content (AvgIpc) is 3.24. The van der Waals surface area contributed by atoms with E-state index in [1.54, 1.807) is 28.9 Å². The first-order chi connectivity index (χ1) is 14.3. The molecule has 0 bridgehead atoms. The van der Waals surface area contributed by atoms with Gasteiger partial charge in [0.1, 0.15) is 11.6 Å². The monoisotopic (exact) mass is 460 g/mol. The summed E-state index contributed by atoms with van der Waals surface area (Å²) in [4.78, 5) is 17.2. The molecule has 0 aliphatic rings. The Morgan fingerprint density at radius 3 is 2.73 bits per heavy atom. The smallest absolute Gasteiger partial charge is 0.263 e. The van der Waals surface area contributed by atoms with E-state index < -0.39 is 0 Å². The second kappa shape index (κ2) is 8.26. The van der Waals surface area contributed by atoms with Crippen molar-refractivity contribution in [2.24, 2.45) is 0 Å². The molecule has 0 fully saturated rings. The highest BCUT2D eigenvalue weighted by Gasteiger charge is 2.16. The molecule has 0 saturated carbocycles. The number of nitrogens with zero attached hydrogens (tertiary/aromatic N) is 3. The second-order valence-corrected chi connectivity index (χ2v) is 8.77. The number of ether oxygens (including phenoxy) is 1. The van der Waals surface area contributed by atoms with Crippen LogP contribution in [0.1, 0.15) is 16.8 Å². The molecule has 6 nitrogen and oxygen atoms in total. The molecule has 0 atom stereocenters. The van der Waals surface area contributed by atoms with Crippen LogP contribution in [0.3, 0.4) is 0 Å². The minimum absolute atomic E-state index is 0.205. The van der Waals surface area contributed by atoms with E-state index in [1.165, 1.54) is 16.9 Å². The summed E-state index contributed by atoms with van der Waals surface area (Å²) in [5.41, 5.74) is 3.99. The minimum atomic E-state index is -0.338. The van der Waals surface area contributed by atoms with E-state index in [4.69, 9.17) is 32.9 Å². The van der Waals surface area contributed by atoms with Gasteiger partial charge in [-0.15, -0.1) is 0 Å². The van der Waals surface area contributed by atoms with Gasteiger partial charge >= 0.3 is 0 Å². The number of benzene rings is 2. The lowest BCUT2D eigenvalue weighted by Crippen LogP contribution is -2.22. The fraction of sp³-hybridized carbons (Fsp3) is 0.190. The predicted molar refractivity (Wildman–Crippen MR) is 122 cm³/mol. The lowest BCUT2D eigenvalue weighted by atomic mass is 10.1. The SMILES string of the molecule is Cc1cc(C)c2nc(-n3nc(C)cc3NC(=O)COc3ccc(Cl)cc3Cl)sc2c1. The highest BCUT2D eigenvalue weighted by atomic mass is 35.5. The van der Waals surface area contributed by atoms with Crippen molar-refractivity contribution in [2.75, 3.05) is 11.9 Å². The number of amides is 1. The van der Waals surface area contributed by atoms with Crippen molar-refractivity contribution in [3.05, 3.63) is 63.3 Å². The Bertz CT molecular complexity index is 1270. The number of aryl methyl sites for hydroxylation is 3. The van der Waals surface area contributed by atoms with Gasteiger partial charge in [0.2, 0.25) is 5.13 Å². The summed E-state index contributed by atoms with van der Waals surface area (Å²) in [7, 11) is 0. The molecule has 9 heteroatoms. The number of nitrogens with one attached hydrogen (secondary N) is 1. The van der Waals surface area contributed by atoms with Crippen LogP contribution in [0.15, 0.2) is 36.4 Å². The van der Waals surface area contributed by atoms with Crippen LogP contribution >= 0.6 is 34.5 Å². The average molecular weight is 461 g/mol. The molecule has 1 amide bonds. The Kier molecular flexibility index (Phi) is 5.69. The van der Waals surface area contributed by atoms with Crippen molar-refractivity contribution in [1.29, 1.82) is 0 Å². The highest BCUT2D eigenvalue weighted by molar-refractivity contribution is 7.20. The zero-order valence-corrected chi connectivity index (χ0v) is 18.8. The quantitative estimate of drug-likeness (QED) is 0.412. The number of hydrogen-bond acceptors (Lipinski definition) is 5. The van der Waals surface area contributed by atoms with Crippen molar-refractivity contribution >= 4 is 56.5 Å². The molecule has 0 aliphatic heterocycles. The molecule has 0 saturated heterocycles. The largest absolute Gasteiger partial charge is 0.482 e. The van der Waals surface area contributed by atoms with Gasteiger partial charge in [0.05, 0.1) is 20.9 Å². The number of aromatic nitrogens is 3. The van der Waals surface area contributed by atoms with Crippen LogP contribution in [-0.4, -0.2) is 27.3 Å². The molecule has 0 aliphatic carbocycles. The zero-order chi connectivity index (χ0) is 21.4. The molecule has 1 N–H and O–H groups in total. The third kappa shape index (κ3) is 4.28. The van der Waals surface area contributed by atoms with Gasteiger partial charge in [-0.1, -0.05) is 40.6 Å². The van der Waals surface area contributed by atoms with Gasteiger partial charge in [0.25, 0.3) is 5.91 Å². The first kappa shape index (κ1) is 20.7. The summed E-state index contributed by atoms with van der Waals surface area (Å²) >= 11 is 13.5. The zero-order valence-electron chi connectivity index (χ0n) is 16.5. The molecular formula is C21H18Cl2N4O2S. The van der Waals surface area contributed by atoms with Gasteiger partial charge in [0.15, 0.2) is 6.61 Å². The fourth-order valence-corrected chi connectivity index (χ4v) is 4.67. The third-order valence-electron chi connectivity index (χ3n) is 4.35. The summed E-state index contributed by atoms with van der Waals surface area (Å²) in [5.74, 6) is 0.574. The number of carbonyl (C=O) groups excluding carboxylic acids is 1. The van der Waals surface area contributed by atoms with Crippen LogP contribution in [0.4, 0.5) is 5.82 Å². The summed E-state index contributed by atoms with van der Waals surface area (Å²) in [6.07, 6.45) is 0. The molecule has 30 heavy (non-hydrogen) atoms. The summed E-state index contributed by atoms with van der Waals surface area (Å²) < 4.78 is 8.23. The Morgan fingerprint density at radius 1 is 1.17 bits per heavy atom. The van der Waals surface area contributed by atoms with E-state index in [9.17, 15) is 4.79 Å². The van der Waals surface area contributed by atoms with E-state index in [-0.39, 0.29) is 12.5 Å². The fourth-order valence-electron chi connectivity index (χ4n) is 3.10. The van der Waals surface area contributed by atoms with E-state index in [2.05, 4.69) is 29.5 Å². The van der Waals surface area contributed by atoms with Crippen molar-refractivity contribution in [3.8, 4) is 10.9 Å². The molecule has 2 aromatic carbocycles. The van der Waals surface area contributed by atoms with E-state index in [0.29, 0.717) is 26.7 Å². The van der Waals surface area contributed by atoms with Gasteiger partial charge in [-0.3, -0.25) is 4.79 Å². The Labute approximate surface area is 187 Å². The van der Waals surface area contributed by atoms with Crippen molar-refractivity contribution in [1.82, 2.24) is 14.8 Å². The minimum Gasteiger partial charge on any atom is -0.482 e. The number of hydrogen-bond donors (Lipinski definition) is 1. The highest BCUT2D eigenvalue weighted by Crippen LogP contribution is 2.30. The number of rotatable bonds is 5. The Balaban J connectivity index is 1.55. The maximum atomic E-state index is 12.5. The lowest BCUT2D eigenvalue weighted by Gasteiger charge is -2.09. The van der Waals surface area contributed by atoms with Gasteiger partial charge < -0.3 is 10.1 Å². The molecule has 0 spiro atoms. The van der Waals surface area contributed by atoms with Gasteiger partial charge in [-0.2, -0.15) is 9.78 Å². The first-order valence-electron chi connectivity index (χ1n) is 9.12. The number of anilines is 1. The Hall–Kier alpha value is -2.61. The van der Waals surface area contributed by atoms with Gasteiger partial charge in [-0.05, 0) is 56.2 Å². The maximum Gasteiger partial charge on any atom is 0.263 e. The molecule has 4 aromatic rings. The summed E-state index contributed by atoms with van der Waals surface area (Å²) in [6.45, 7) is 5.75. The van der Waals surface area contributed by atoms with E-state index in [0.717, 1.165) is 21.5 Å². The standard InChI is InChI=1S/C21H18Cl2N4O2S/c1-11-6-12(2)20-17(7-11)30-21(25-20)27-18(8-13(3)26-27)24-19(28)10-29-16-5-4-14(22)9-15(16)23/h4-9H,10H2,1-3H3,(H,24,28). The second-order valence-electron chi connectivity index (χ2n) is 6.92. The van der Waals surface area contributed by atoms with E-state index >= 15 is 0 Å². The molecule has 2 aromatic heterocycles. The normalized spacial score (nSPS) is 11.1.